The predicted molar refractivity (Wildman–Crippen MR) is 232 cm³/mol. The van der Waals surface area contributed by atoms with E-state index in [0.717, 1.165) is 38.5 Å². The normalized spacial score (nSPS) is 18.8. The van der Waals surface area contributed by atoms with Crippen LogP contribution >= 0.6 is 17.0 Å². The van der Waals surface area contributed by atoms with Crippen molar-refractivity contribution in [3.05, 3.63) is 128 Å². The monoisotopic (exact) mass is 825 g/mol. The zero-order valence-electron chi connectivity index (χ0n) is 33.5. The molecule has 0 nitrogen and oxygen atoms in total. The third-order valence-electron chi connectivity index (χ3n) is 13.1. The molecule has 4 atom stereocenters. The Kier molecular flexibility index (Phi) is 12.0. The van der Waals surface area contributed by atoms with Crippen LogP contribution in [0, 0.1) is 25.7 Å². The number of fused-ring (bicyclic) bond motifs is 2. The molecule has 0 saturated carbocycles. The SMILES string of the molecule is CCCc1ccc2c(c1-c1ccccc1C)C=C(C(C)CC)[CH]2[Zr]([Cl])([Cl])([CH]1C(C(C)CC)=Cc2c1ccc(CCC)c2-c1ccccc1C)[SiH](C)C. The summed E-state index contributed by atoms with van der Waals surface area (Å²) in [6.45, 7) is 23.7. The fourth-order valence-electron chi connectivity index (χ4n) is 9.72. The molecule has 4 aromatic carbocycles. The molecule has 0 fully saturated rings. The number of benzene rings is 4. The summed E-state index contributed by atoms with van der Waals surface area (Å²) >= 11 is -5.01. The minimum absolute atomic E-state index is 0.0838. The Morgan fingerprint density at radius 3 is 1.31 bits per heavy atom. The fraction of sp³-hybridized carbons (Fsp3) is 0.417. The average Bonchev–Trinajstić information content (AvgIpc) is 3.73. The third kappa shape index (κ3) is 6.48. The van der Waals surface area contributed by atoms with E-state index < -0.39 is 21.5 Å². The van der Waals surface area contributed by atoms with Crippen LogP contribution in [0.1, 0.15) is 119 Å². The second-order valence-electron chi connectivity index (χ2n) is 16.5. The van der Waals surface area contributed by atoms with Crippen LogP contribution in [0.15, 0.2) is 83.9 Å². The first-order chi connectivity index (χ1) is 24.8. The van der Waals surface area contributed by atoms with Crippen molar-refractivity contribution in [1.82, 2.24) is 0 Å². The first-order valence-corrected chi connectivity index (χ1v) is 36.6. The number of hydrogen-bond acceptors (Lipinski definition) is 0. The number of aryl methyl sites for hydroxylation is 4. The summed E-state index contributed by atoms with van der Waals surface area (Å²) in [6.07, 6.45) is 11.7. The van der Waals surface area contributed by atoms with Crippen LogP contribution in [0.5, 0.6) is 0 Å². The summed E-state index contributed by atoms with van der Waals surface area (Å²) in [5, 5.41) is 0. The Hall–Kier alpha value is -1.96. The van der Waals surface area contributed by atoms with E-state index in [9.17, 15) is 0 Å². The molecule has 0 spiro atoms. The molecule has 275 valence electrons. The van der Waals surface area contributed by atoms with Crippen molar-refractivity contribution in [1.29, 1.82) is 0 Å². The van der Waals surface area contributed by atoms with Gasteiger partial charge in [-0.05, 0) is 0 Å². The Morgan fingerprint density at radius 2 is 0.981 bits per heavy atom. The molecule has 4 unspecified atom stereocenters. The van der Waals surface area contributed by atoms with Gasteiger partial charge in [-0.25, -0.2) is 0 Å². The van der Waals surface area contributed by atoms with E-state index in [4.69, 9.17) is 17.0 Å². The van der Waals surface area contributed by atoms with Crippen molar-refractivity contribution in [3.63, 3.8) is 0 Å². The zero-order chi connectivity index (χ0) is 37.6. The molecule has 0 aromatic heterocycles. The van der Waals surface area contributed by atoms with Gasteiger partial charge in [0.2, 0.25) is 0 Å². The Balaban J connectivity index is 1.70. The summed E-state index contributed by atoms with van der Waals surface area (Å²) in [6, 6.07) is 27.8. The number of hydrogen-bond donors (Lipinski definition) is 0. The van der Waals surface area contributed by atoms with E-state index in [-0.39, 0.29) is 7.25 Å². The second kappa shape index (κ2) is 15.6. The Bertz CT molecular complexity index is 1900. The molecule has 4 heteroatoms. The van der Waals surface area contributed by atoms with Crippen LogP contribution in [0.25, 0.3) is 34.4 Å². The Morgan fingerprint density at radius 1 is 0.596 bits per heavy atom. The maximum absolute atomic E-state index is 9.01. The van der Waals surface area contributed by atoms with Gasteiger partial charge in [0.1, 0.15) is 0 Å². The Labute approximate surface area is 324 Å². The topological polar surface area (TPSA) is 0 Å². The molecule has 0 heterocycles. The molecule has 0 aliphatic heterocycles. The molecule has 0 bridgehead atoms. The van der Waals surface area contributed by atoms with Crippen molar-refractivity contribution in [3.8, 4) is 22.3 Å². The molecule has 0 amide bonds. The van der Waals surface area contributed by atoms with E-state index in [2.05, 4.69) is 153 Å². The van der Waals surface area contributed by atoms with E-state index >= 15 is 0 Å². The number of halogens is 2. The van der Waals surface area contributed by atoms with Gasteiger partial charge in [0.25, 0.3) is 0 Å². The summed E-state index contributed by atoms with van der Waals surface area (Å²) in [5.41, 5.74) is 19.6. The van der Waals surface area contributed by atoms with Crippen molar-refractivity contribution in [2.45, 2.75) is 114 Å². The standard InChI is InChI=1S/2C23H27.C2H7Si.2ClH.Zr/c2*1-5-9-18-12-13-19-14-20(16(3)6-2)15-22(19)23(18)21-11-8-7-10-17(21)4;1-3-2;;;/h2*7-8,10-16H,5-6,9H2,1-4H3;3H,1-2H3;2*1H;/q;;;;;+2/p-2. The average molecular weight is 828 g/mol. The minimum atomic E-state index is -5.01. The summed E-state index contributed by atoms with van der Waals surface area (Å²) in [4.78, 5) is 0. The van der Waals surface area contributed by atoms with E-state index in [1.165, 1.54) is 77.9 Å². The molecule has 6 rings (SSSR count). The zero-order valence-corrected chi connectivity index (χ0v) is 38.6. The van der Waals surface area contributed by atoms with Gasteiger partial charge in [-0.3, -0.25) is 0 Å². The van der Waals surface area contributed by atoms with E-state index in [0.29, 0.717) is 11.8 Å². The first kappa shape index (κ1) is 39.7. The molecule has 52 heavy (non-hydrogen) atoms. The van der Waals surface area contributed by atoms with Gasteiger partial charge in [-0.15, -0.1) is 0 Å². The van der Waals surface area contributed by atoms with Gasteiger partial charge in [0, 0.05) is 0 Å². The number of rotatable bonds is 13. The van der Waals surface area contributed by atoms with E-state index in [1.807, 2.05) is 0 Å². The van der Waals surface area contributed by atoms with Crippen LogP contribution in [-0.4, -0.2) is 5.92 Å². The summed E-state index contributed by atoms with van der Waals surface area (Å²) in [7, 11) is 18.0. The van der Waals surface area contributed by atoms with Gasteiger partial charge in [-0.1, -0.05) is 0 Å². The van der Waals surface area contributed by atoms with Crippen LogP contribution < -0.4 is 0 Å². The molecule has 0 N–H and O–H groups in total. The van der Waals surface area contributed by atoms with Crippen molar-refractivity contribution < 1.29 is 15.6 Å². The van der Waals surface area contributed by atoms with Crippen molar-refractivity contribution in [2.75, 3.05) is 0 Å². The summed E-state index contributed by atoms with van der Waals surface area (Å²) < 4.78 is 0.168. The van der Waals surface area contributed by atoms with Crippen LogP contribution in [0.2, 0.25) is 13.1 Å². The summed E-state index contributed by atoms with van der Waals surface area (Å²) in [5.74, 6) is -0.932. The van der Waals surface area contributed by atoms with Crippen LogP contribution in [0.4, 0.5) is 0 Å². The molecule has 0 radical (unpaired) electrons. The quantitative estimate of drug-likeness (QED) is 0.118. The van der Waals surface area contributed by atoms with Gasteiger partial charge >= 0.3 is 327 Å². The molecular weight excluding hydrogens is 767 g/mol. The van der Waals surface area contributed by atoms with Crippen LogP contribution in [-0.2, 0) is 28.4 Å². The van der Waals surface area contributed by atoms with Crippen molar-refractivity contribution >= 4 is 35.1 Å². The molecule has 2 aliphatic rings. The van der Waals surface area contributed by atoms with Gasteiger partial charge in [0.15, 0.2) is 0 Å². The molecule has 0 saturated heterocycles. The third-order valence-corrected chi connectivity index (χ3v) is 64.7. The van der Waals surface area contributed by atoms with Crippen molar-refractivity contribution in [2.24, 2.45) is 11.8 Å². The predicted octanol–water partition coefficient (Wildman–Crippen LogP) is 15.2. The first-order valence-electron chi connectivity index (χ1n) is 20.3. The van der Waals surface area contributed by atoms with E-state index in [1.54, 1.807) is 0 Å². The van der Waals surface area contributed by atoms with Gasteiger partial charge in [0.05, 0.1) is 0 Å². The second-order valence-corrected chi connectivity index (χ2v) is 59.0. The van der Waals surface area contributed by atoms with Gasteiger partial charge < -0.3 is 0 Å². The molecule has 4 aromatic rings. The van der Waals surface area contributed by atoms with Crippen LogP contribution in [0.3, 0.4) is 0 Å². The maximum atomic E-state index is 9.01. The van der Waals surface area contributed by atoms with Gasteiger partial charge in [-0.2, -0.15) is 0 Å². The molecule has 2 aliphatic carbocycles. The number of allylic oxidation sites excluding steroid dienone is 2. The fourth-order valence-corrected chi connectivity index (χ4v) is 41.0. The molecular formula is C48H61Cl2SiZr.